The van der Waals surface area contributed by atoms with E-state index in [9.17, 15) is 0 Å². The summed E-state index contributed by atoms with van der Waals surface area (Å²) in [6.45, 7) is 2.16. The molecule has 0 saturated heterocycles. The molecule has 0 radical (unpaired) electrons. The molecule has 0 fully saturated rings. The van der Waals surface area contributed by atoms with Gasteiger partial charge in [0.1, 0.15) is 0 Å². The zero-order chi connectivity index (χ0) is 8.97. The van der Waals surface area contributed by atoms with Crippen LogP contribution in [0.15, 0.2) is 24.3 Å². The molecule has 2 heteroatoms. The Morgan fingerprint density at radius 2 is 1.92 bits per heavy atom. The van der Waals surface area contributed by atoms with Gasteiger partial charge in [-0.15, -0.1) is 0 Å². The molecule has 1 aromatic carbocycles. The van der Waals surface area contributed by atoms with Crippen molar-refractivity contribution in [2.24, 2.45) is 0 Å². The van der Waals surface area contributed by atoms with Crippen LogP contribution in [0, 0.1) is 0 Å². The van der Waals surface area contributed by atoms with Crippen LogP contribution in [0.1, 0.15) is 18.9 Å². The molecule has 1 rings (SSSR count). The molecule has 0 nitrogen and oxygen atoms in total. The van der Waals surface area contributed by atoms with Gasteiger partial charge in [0, 0.05) is 9.85 Å². The van der Waals surface area contributed by atoms with Crippen molar-refractivity contribution in [1.29, 1.82) is 0 Å². The minimum Gasteiger partial charge on any atom is -0.0894 e. The Morgan fingerprint density at radius 1 is 1.33 bits per heavy atom. The molecule has 0 spiro atoms. The monoisotopic (exact) mass is 246 g/mol. The Bertz CT molecular complexity index is 228. The lowest BCUT2D eigenvalue weighted by Gasteiger charge is -2.02. The minimum atomic E-state index is 0.591. The van der Waals surface area contributed by atoms with Crippen molar-refractivity contribution in [3.8, 4) is 0 Å². The third-order valence-corrected chi connectivity index (χ3v) is 2.45. The lowest BCUT2D eigenvalue weighted by atomic mass is 10.1. The highest BCUT2D eigenvalue weighted by Gasteiger charge is 1.97. The molecule has 1 atom stereocenters. The molecule has 0 aliphatic rings. The van der Waals surface area contributed by atoms with Crippen LogP contribution in [-0.2, 0) is 6.42 Å². The Kier molecular flexibility index (Phi) is 4.10. The topological polar surface area (TPSA) is 0 Å². The van der Waals surface area contributed by atoms with Crippen LogP contribution in [-0.4, -0.2) is 4.83 Å². The van der Waals surface area contributed by atoms with Gasteiger partial charge in [-0.25, -0.2) is 0 Å². The van der Waals surface area contributed by atoms with Gasteiger partial charge in [-0.05, 0) is 30.5 Å². The van der Waals surface area contributed by atoms with Crippen LogP contribution in [0.3, 0.4) is 0 Å². The zero-order valence-electron chi connectivity index (χ0n) is 7.06. The Morgan fingerprint density at radius 3 is 2.42 bits per heavy atom. The first kappa shape index (κ1) is 10.1. The number of hydrogen-bond donors (Lipinski definition) is 0. The number of halogens is 2. The molecule has 0 saturated carbocycles. The first-order chi connectivity index (χ1) is 5.68. The quantitative estimate of drug-likeness (QED) is 0.707. The highest BCUT2D eigenvalue weighted by Crippen LogP contribution is 2.13. The molecule has 0 aromatic heterocycles. The van der Waals surface area contributed by atoms with Crippen LogP contribution in [0.2, 0.25) is 5.02 Å². The number of hydrogen-bond acceptors (Lipinski definition) is 0. The summed E-state index contributed by atoms with van der Waals surface area (Å²) in [5.41, 5.74) is 1.35. The summed E-state index contributed by atoms with van der Waals surface area (Å²) in [4.78, 5) is 0.591. The van der Waals surface area contributed by atoms with Gasteiger partial charge >= 0.3 is 0 Å². The molecule has 12 heavy (non-hydrogen) atoms. The number of rotatable bonds is 3. The third kappa shape index (κ3) is 3.59. The molecule has 0 N–H and O–H groups in total. The molecule has 0 aliphatic heterocycles. The van der Waals surface area contributed by atoms with E-state index in [1.54, 1.807) is 0 Å². The molecular formula is C10H12BrCl. The second kappa shape index (κ2) is 4.88. The van der Waals surface area contributed by atoms with Crippen molar-refractivity contribution in [2.75, 3.05) is 0 Å². The highest BCUT2D eigenvalue weighted by molar-refractivity contribution is 9.09. The number of alkyl halides is 1. The van der Waals surface area contributed by atoms with Gasteiger partial charge in [0.25, 0.3) is 0 Å². The lowest BCUT2D eigenvalue weighted by Crippen LogP contribution is -1.93. The van der Waals surface area contributed by atoms with Crippen molar-refractivity contribution in [3.05, 3.63) is 34.9 Å². The second-order valence-corrected chi connectivity index (χ2v) is 4.95. The average molecular weight is 248 g/mol. The summed E-state index contributed by atoms with van der Waals surface area (Å²) in [6.07, 6.45) is 2.28. The summed E-state index contributed by atoms with van der Waals surface area (Å²) in [5, 5.41) is 0.811. The first-order valence-corrected chi connectivity index (χ1v) is 5.36. The van der Waals surface area contributed by atoms with Crippen molar-refractivity contribution in [1.82, 2.24) is 0 Å². The Hall–Kier alpha value is -0.0100. The van der Waals surface area contributed by atoms with Crippen molar-refractivity contribution in [3.63, 3.8) is 0 Å². The van der Waals surface area contributed by atoms with Gasteiger partial charge in [0.15, 0.2) is 0 Å². The average Bonchev–Trinajstić information content (AvgIpc) is 2.03. The lowest BCUT2D eigenvalue weighted by molar-refractivity contribution is 0.822. The molecule has 1 aromatic rings. The van der Waals surface area contributed by atoms with Gasteiger partial charge in [0.05, 0.1) is 0 Å². The van der Waals surface area contributed by atoms with Crippen LogP contribution in [0.5, 0.6) is 0 Å². The maximum atomic E-state index is 5.77. The fourth-order valence-electron chi connectivity index (χ4n) is 1.02. The van der Waals surface area contributed by atoms with Crippen molar-refractivity contribution < 1.29 is 0 Å². The highest BCUT2D eigenvalue weighted by atomic mass is 79.9. The largest absolute Gasteiger partial charge is 0.0894 e. The van der Waals surface area contributed by atoms with E-state index in [2.05, 4.69) is 35.0 Å². The first-order valence-electron chi connectivity index (χ1n) is 4.07. The molecule has 0 aliphatic carbocycles. The van der Waals surface area contributed by atoms with E-state index in [-0.39, 0.29) is 0 Å². The zero-order valence-corrected chi connectivity index (χ0v) is 9.40. The van der Waals surface area contributed by atoms with E-state index in [0.29, 0.717) is 4.83 Å². The van der Waals surface area contributed by atoms with Crippen LogP contribution < -0.4 is 0 Å². The van der Waals surface area contributed by atoms with Gasteiger partial charge in [-0.2, -0.15) is 0 Å². The maximum Gasteiger partial charge on any atom is 0.0406 e. The summed E-state index contributed by atoms with van der Waals surface area (Å²) in [5.74, 6) is 0. The fourth-order valence-corrected chi connectivity index (χ4v) is 1.37. The maximum absolute atomic E-state index is 5.77. The van der Waals surface area contributed by atoms with Crippen LogP contribution in [0.25, 0.3) is 0 Å². The normalized spacial score (nSPS) is 12.9. The molecule has 66 valence electrons. The second-order valence-electron chi connectivity index (χ2n) is 2.95. The summed E-state index contributed by atoms with van der Waals surface area (Å²) in [6, 6.07) is 8.04. The SMILES string of the molecule is C[C@H](Br)CCc1ccc(Cl)cc1. The third-order valence-electron chi connectivity index (χ3n) is 1.74. The Labute approximate surface area is 87.1 Å². The molecule has 0 bridgehead atoms. The predicted octanol–water partition coefficient (Wildman–Crippen LogP) is 4.06. The van der Waals surface area contributed by atoms with Crippen molar-refractivity contribution in [2.45, 2.75) is 24.6 Å². The van der Waals surface area contributed by atoms with Gasteiger partial charge in [0.2, 0.25) is 0 Å². The van der Waals surface area contributed by atoms with E-state index in [1.165, 1.54) is 12.0 Å². The van der Waals surface area contributed by atoms with E-state index >= 15 is 0 Å². The van der Waals surface area contributed by atoms with Crippen molar-refractivity contribution >= 4 is 27.5 Å². The predicted molar refractivity (Wildman–Crippen MR) is 58.2 cm³/mol. The molecular weight excluding hydrogens is 235 g/mol. The molecule has 0 unspecified atom stereocenters. The molecule has 0 amide bonds. The summed E-state index contributed by atoms with van der Waals surface area (Å²) in [7, 11) is 0. The summed E-state index contributed by atoms with van der Waals surface area (Å²) >= 11 is 9.29. The van der Waals surface area contributed by atoms with Crippen LogP contribution in [0.4, 0.5) is 0 Å². The van der Waals surface area contributed by atoms with E-state index in [4.69, 9.17) is 11.6 Å². The minimum absolute atomic E-state index is 0.591. The van der Waals surface area contributed by atoms with E-state index < -0.39 is 0 Å². The smallest absolute Gasteiger partial charge is 0.0406 e. The van der Waals surface area contributed by atoms with Gasteiger partial charge in [-0.1, -0.05) is 46.6 Å². The number of aryl methyl sites for hydroxylation is 1. The summed E-state index contributed by atoms with van der Waals surface area (Å²) < 4.78 is 0. The fraction of sp³-hybridized carbons (Fsp3) is 0.400. The molecule has 0 heterocycles. The Balaban J connectivity index is 2.48. The van der Waals surface area contributed by atoms with Crippen LogP contribution >= 0.6 is 27.5 Å². The number of benzene rings is 1. The van der Waals surface area contributed by atoms with Gasteiger partial charge < -0.3 is 0 Å². The van der Waals surface area contributed by atoms with Gasteiger partial charge in [-0.3, -0.25) is 0 Å². The standard InChI is InChI=1S/C10H12BrCl/c1-8(11)2-3-9-4-6-10(12)7-5-9/h4-8H,2-3H2,1H3/t8-/m0/s1. The van der Waals surface area contributed by atoms with E-state index in [1.807, 2.05) is 12.1 Å². The van der Waals surface area contributed by atoms with E-state index in [0.717, 1.165) is 11.4 Å².